The van der Waals surface area contributed by atoms with Crippen molar-refractivity contribution in [3.63, 3.8) is 0 Å². The second kappa shape index (κ2) is 8.54. The van der Waals surface area contributed by atoms with Crippen LogP contribution < -0.4 is 5.32 Å². The van der Waals surface area contributed by atoms with Gasteiger partial charge in [-0.05, 0) is 50.2 Å². The number of ether oxygens (including phenoxy) is 1. The van der Waals surface area contributed by atoms with E-state index < -0.39 is 5.97 Å². The van der Waals surface area contributed by atoms with E-state index in [0.717, 1.165) is 11.8 Å². The molecule has 1 amide bonds. The minimum absolute atomic E-state index is 0.0942. The van der Waals surface area contributed by atoms with Crippen LogP contribution in [0.4, 0.5) is 5.69 Å². The summed E-state index contributed by atoms with van der Waals surface area (Å²) < 4.78 is 15.7. The average Bonchev–Trinajstić information content (AvgIpc) is 3.31. The maximum atomic E-state index is 12.1. The Labute approximate surface area is 159 Å². The van der Waals surface area contributed by atoms with E-state index in [0.29, 0.717) is 17.0 Å². The number of rotatable bonds is 7. The molecular weight excluding hydrogens is 370 g/mol. The summed E-state index contributed by atoms with van der Waals surface area (Å²) >= 11 is 1.11. The molecule has 0 fully saturated rings. The third kappa shape index (κ3) is 5.20. The molecule has 2 heterocycles. The molecule has 0 unspecified atom stereocenters. The average molecular weight is 387 g/mol. The summed E-state index contributed by atoms with van der Waals surface area (Å²) in [5.74, 6) is 0.177. The molecule has 0 atom stereocenters. The lowest BCUT2D eigenvalue weighted by Crippen LogP contribution is -2.14. The summed E-state index contributed by atoms with van der Waals surface area (Å²) in [6.07, 6.45) is 1.32. The molecule has 0 bridgehead atoms. The van der Waals surface area contributed by atoms with E-state index in [2.05, 4.69) is 15.5 Å². The SMILES string of the molecule is CC(C)OC(=O)c1ccc(NC(=O)CSc2nnc(-c3ccco3)o2)cc1. The van der Waals surface area contributed by atoms with Gasteiger partial charge < -0.3 is 18.9 Å². The second-order valence-electron chi connectivity index (χ2n) is 5.72. The number of esters is 1. The van der Waals surface area contributed by atoms with Gasteiger partial charge in [0.2, 0.25) is 5.91 Å². The lowest BCUT2D eigenvalue weighted by atomic mass is 10.2. The van der Waals surface area contributed by atoms with Gasteiger partial charge >= 0.3 is 5.97 Å². The van der Waals surface area contributed by atoms with Crippen LogP contribution in [0.2, 0.25) is 0 Å². The largest absolute Gasteiger partial charge is 0.459 e. The monoisotopic (exact) mass is 387 g/mol. The Morgan fingerprint density at radius 2 is 1.96 bits per heavy atom. The Morgan fingerprint density at radius 3 is 2.63 bits per heavy atom. The summed E-state index contributed by atoms with van der Waals surface area (Å²) in [5, 5.41) is 10.7. The van der Waals surface area contributed by atoms with Gasteiger partial charge in [0.25, 0.3) is 11.1 Å². The van der Waals surface area contributed by atoms with Crippen molar-refractivity contribution in [1.29, 1.82) is 0 Å². The molecule has 0 spiro atoms. The number of carbonyl (C=O) groups is 2. The first-order valence-electron chi connectivity index (χ1n) is 8.12. The van der Waals surface area contributed by atoms with Gasteiger partial charge in [-0.2, -0.15) is 0 Å². The zero-order valence-electron chi connectivity index (χ0n) is 14.7. The number of anilines is 1. The fourth-order valence-corrected chi connectivity index (χ4v) is 2.63. The fraction of sp³-hybridized carbons (Fsp3) is 0.222. The Morgan fingerprint density at radius 1 is 1.19 bits per heavy atom. The van der Waals surface area contributed by atoms with Crippen molar-refractivity contribution >= 4 is 29.3 Å². The highest BCUT2D eigenvalue weighted by Gasteiger charge is 2.13. The van der Waals surface area contributed by atoms with Gasteiger partial charge in [-0.3, -0.25) is 4.79 Å². The number of furan rings is 1. The first-order chi connectivity index (χ1) is 13.0. The first kappa shape index (κ1) is 18.7. The molecule has 2 aromatic heterocycles. The number of aromatic nitrogens is 2. The van der Waals surface area contributed by atoms with Crippen molar-refractivity contribution in [3.05, 3.63) is 48.2 Å². The van der Waals surface area contributed by atoms with E-state index >= 15 is 0 Å². The topological polar surface area (TPSA) is 107 Å². The standard InChI is InChI=1S/C18H17N3O5S/c1-11(2)25-17(23)12-5-7-13(8-6-12)19-15(22)10-27-18-21-20-16(26-18)14-4-3-9-24-14/h3-9,11H,10H2,1-2H3,(H,19,22). The molecule has 3 aromatic rings. The van der Waals surface area contributed by atoms with Crippen molar-refractivity contribution in [2.24, 2.45) is 0 Å². The Balaban J connectivity index is 1.50. The van der Waals surface area contributed by atoms with Gasteiger partial charge in [-0.1, -0.05) is 11.8 Å². The zero-order chi connectivity index (χ0) is 19.2. The van der Waals surface area contributed by atoms with Gasteiger partial charge in [-0.15, -0.1) is 10.2 Å². The van der Waals surface area contributed by atoms with Crippen LogP contribution in [0.5, 0.6) is 0 Å². The van der Waals surface area contributed by atoms with Crippen LogP contribution in [0.3, 0.4) is 0 Å². The van der Waals surface area contributed by atoms with E-state index in [4.69, 9.17) is 13.6 Å². The number of nitrogens with zero attached hydrogens (tertiary/aromatic N) is 2. The van der Waals surface area contributed by atoms with E-state index in [1.807, 2.05) is 0 Å². The Kier molecular flexibility index (Phi) is 5.92. The number of nitrogens with one attached hydrogen (secondary N) is 1. The minimum atomic E-state index is -0.401. The molecule has 8 nitrogen and oxygen atoms in total. The number of carbonyl (C=O) groups excluding carboxylic acids is 2. The minimum Gasteiger partial charge on any atom is -0.459 e. The van der Waals surface area contributed by atoms with E-state index in [1.165, 1.54) is 6.26 Å². The van der Waals surface area contributed by atoms with Gasteiger partial charge in [0.05, 0.1) is 23.7 Å². The van der Waals surface area contributed by atoms with E-state index in [-0.39, 0.29) is 28.9 Å². The van der Waals surface area contributed by atoms with Crippen molar-refractivity contribution in [2.75, 3.05) is 11.1 Å². The van der Waals surface area contributed by atoms with Crippen LogP contribution in [0.25, 0.3) is 11.7 Å². The number of hydrogen-bond acceptors (Lipinski definition) is 8. The molecule has 0 aliphatic heterocycles. The van der Waals surface area contributed by atoms with Crippen LogP contribution in [0.1, 0.15) is 24.2 Å². The Hall–Kier alpha value is -3.07. The lowest BCUT2D eigenvalue weighted by molar-refractivity contribution is -0.113. The molecule has 1 aromatic carbocycles. The number of hydrogen-bond donors (Lipinski definition) is 1. The molecular formula is C18H17N3O5S. The summed E-state index contributed by atoms with van der Waals surface area (Å²) in [7, 11) is 0. The van der Waals surface area contributed by atoms with E-state index in [9.17, 15) is 9.59 Å². The normalized spacial score (nSPS) is 10.8. The lowest BCUT2D eigenvalue weighted by Gasteiger charge is -2.08. The van der Waals surface area contributed by atoms with Crippen LogP contribution in [-0.4, -0.2) is 33.9 Å². The van der Waals surface area contributed by atoms with E-state index in [1.54, 1.807) is 50.2 Å². The summed E-state index contributed by atoms with van der Waals surface area (Å²) in [6, 6.07) is 9.90. The second-order valence-corrected chi connectivity index (χ2v) is 6.65. The van der Waals surface area contributed by atoms with Gasteiger partial charge in [-0.25, -0.2) is 4.79 Å². The molecule has 0 aliphatic carbocycles. The number of benzene rings is 1. The zero-order valence-corrected chi connectivity index (χ0v) is 15.5. The van der Waals surface area contributed by atoms with Crippen LogP contribution in [0, 0.1) is 0 Å². The van der Waals surface area contributed by atoms with Gasteiger partial charge in [0.1, 0.15) is 0 Å². The number of amides is 1. The highest BCUT2D eigenvalue weighted by atomic mass is 32.2. The van der Waals surface area contributed by atoms with Gasteiger partial charge in [0, 0.05) is 5.69 Å². The highest BCUT2D eigenvalue weighted by Crippen LogP contribution is 2.23. The predicted molar refractivity (Wildman–Crippen MR) is 98.3 cm³/mol. The van der Waals surface area contributed by atoms with Crippen molar-refractivity contribution in [3.8, 4) is 11.7 Å². The quantitative estimate of drug-likeness (QED) is 0.484. The molecule has 140 valence electrons. The highest BCUT2D eigenvalue weighted by molar-refractivity contribution is 7.99. The molecule has 1 N–H and O–H groups in total. The summed E-state index contributed by atoms with van der Waals surface area (Å²) in [4.78, 5) is 23.8. The third-order valence-electron chi connectivity index (χ3n) is 3.21. The summed E-state index contributed by atoms with van der Waals surface area (Å²) in [5.41, 5.74) is 0.996. The maximum Gasteiger partial charge on any atom is 0.338 e. The van der Waals surface area contributed by atoms with Crippen molar-refractivity contribution < 1.29 is 23.2 Å². The molecule has 0 radical (unpaired) electrons. The Bertz CT molecular complexity index is 903. The third-order valence-corrected chi connectivity index (χ3v) is 4.03. The van der Waals surface area contributed by atoms with Crippen LogP contribution in [0.15, 0.2) is 56.7 Å². The smallest absolute Gasteiger partial charge is 0.338 e. The fourth-order valence-electron chi connectivity index (χ4n) is 2.06. The number of thioether (sulfide) groups is 1. The predicted octanol–water partition coefficient (Wildman–Crippen LogP) is 3.63. The first-order valence-corrected chi connectivity index (χ1v) is 9.11. The molecule has 3 rings (SSSR count). The molecule has 0 saturated heterocycles. The van der Waals surface area contributed by atoms with Gasteiger partial charge in [0.15, 0.2) is 5.76 Å². The molecule has 9 heteroatoms. The van der Waals surface area contributed by atoms with Crippen molar-refractivity contribution in [1.82, 2.24) is 10.2 Å². The summed E-state index contributed by atoms with van der Waals surface area (Å²) in [6.45, 7) is 3.57. The van der Waals surface area contributed by atoms with Crippen LogP contribution >= 0.6 is 11.8 Å². The molecule has 0 aliphatic rings. The van der Waals surface area contributed by atoms with Crippen molar-refractivity contribution in [2.45, 2.75) is 25.2 Å². The maximum absolute atomic E-state index is 12.1. The van der Waals surface area contributed by atoms with Crippen LogP contribution in [-0.2, 0) is 9.53 Å². The molecule has 0 saturated carbocycles. The molecule has 27 heavy (non-hydrogen) atoms.